The number of hydrogen-bond donors (Lipinski definition) is 5. The quantitative estimate of drug-likeness (QED) is 0.190. The number of nitrogens with one attached hydrogen (secondary N) is 2. The summed E-state index contributed by atoms with van der Waals surface area (Å²) in [7, 11) is 0. The van der Waals surface area contributed by atoms with Crippen molar-refractivity contribution in [2.24, 2.45) is 0 Å². The Morgan fingerprint density at radius 1 is 1.06 bits per heavy atom. The Labute approximate surface area is 207 Å². The first-order valence-corrected chi connectivity index (χ1v) is 11.8. The van der Waals surface area contributed by atoms with Crippen LogP contribution in [0.15, 0.2) is 67.0 Å². The third-order valence-electron chi connectivity index (χ3n) is 6.15. The molecule has 0 saturated heterocycles. The first-order chi connectivity index (χ1) is 17.6. The molecule has 0 amide bonds. The van der Waals surface area contributed by atoms with Gasteiger partial charge in [0.2, 0.25) is 0 Å². The second kappa shape index (κ2) is 10.5. The normalized spacial score (nSPS) is 12.2. The largest absolute Gasteiger partial charge is 0.508 e. The van der Waals surface area contributed by atoms with Crippen LogP contribution in [-0.2, 0) is 19.7 Å². The Morgan fingerprint density at radius 3 is 2.75 bits per heavy atom. The van der Waals surface area contributed by atoms with Gasteiger partial charge in [0.15, 0.2) is 5.65 Å². The average molecular weight is 485 g/mol. The highest BCUT2D eigenvalue weighted by atomic mass is 16.3. The molecule has 3 aromatic heterocycles. The summed E-state index contributed by atoms with van der Waals surface area (Å²) in [4.78, 5) is 4.31. The molecular formula is C26H28N8O2. The van der Waals surface area contributed by atoms with E-state index in [4.69, 9.17) is 5.73 Å². The number of pyridine rings is 1. The monoisotopic (exact) mass is 484 g/mol. The molecule has 5 rings (SSSR count). The number of rotatable bonds is 10. The van der Waals surface area contributed by atoms with Crippen molar-refractivity contribution in [2.75, 3.05) is 12.3 Å². The summed E-state index contributed by atoms with van der Waals surface area (Å²) in [5.41, 5.74) is 12.3. The van der Waals surface area contributed by atoms with Gasteiger partial charge >= 0.3 is 0 Å². The maximum absolute atomic E-state index is 9.79. The van der Waals surface area contributed by atoms with Crippen molar-refractivity contribution >= 4 is 17.0 Å². The van der Waals surface area contributed by atoms with Crippen LogP contribution in [0.2, 0.25) is 0 Å². The number of H-pyrrole nitrogens is 1. The molecule has 3 heterocycles. The zero-order chi connectivity index (χ0) is 24.9. The highest BCUT2D eigenvalue weighted by molar-refractivity contribution is 5.77. The van der Waals surface area contributed by atoms with E-state index in [1.165, 1.54) is 0 Å². The third-order valence-corrected chi connectivity index (χ3v) is 6.15. The van der Waals surface area contributed by atoms with Gasteiger partial charge < -0.3 is 21.3 Å². The van der Waals surface area contributed by atoms with Gasteiger partial charge in [-0.15, -0.1) is 5.10 Å². The number of nitrogens with zero attached hydrogens (tertiary/aromatic N) is 5. The lowest BCUT2D eigenvalue weighted by atomic mass is 9.90. The van der Waals surface area contributed by atoms with E-state index in [1.54, 1.807) is 12.1 Å². The summed E-state index contributed by atoms with van der Waals surface area (Å²) in [5.74, 6) is 0.584. The number of phenolic OH excluding ortho intramolecular Hbond substituents is 1. The molecule has 6 N–H and O–H groups in total. The van der Waals surface area contributed by atoms with E-state index in [-0.39, 0.29) is 18.3 Å². The number of benzene rings is 2. The maximum atomic E-state index is 9.79. The SMILES string of the molecule is Nc1cc(C(CCNCc2cccc(CO)c2)c2cnn(Cc3cccc(O)c3)c2)c2nn[nH]c2n1. The summed E-state index contributed by atoms with van der Waals surface area (Å²) in [5, 5.41) is 38.3. The van der Waals surface area contributed by atoms with Gasteiger partial charge in [-0.25, -0.2) is 10.1 Å². The van der Waals surface area contributed by atoms with Crippen molar-refractivity contribution in [2.45, 2.75) is 32.0 Å². The summed E-state index contributed by atoms with van der Waals surface area (Å²) >= 11 is 0. The van der Waals surface area contributed by atoms with Crippen LogP contribution >= 0.6 is 0 Å². The molecule has 0 radical (unpaired) electrons. The van der Waals surface area contributed by atoms with Crippen molar-refractivity contribution in [1.82, 2.24) is 35.5 Å². The maximum Gasteiger partial charge on any atom is 0.178 e. The first-order valence-electron chi connectivity index (χ1n) is 11.8. The fourth-order valence-electron chi connectivity index (χ4n) is 4.46. The molecule has 36 heavy (non-hydrogen) atoms. The van der Waals surface area contributed by atoms with Crippen LogP contribution in [0.25, 0.3) is 11.2 Å². The van der Waals surface area contributed by atoms with Crippen molar-refractivity contribution in [3.63, 3.8) is 0 Å². The number of aliphatic hydroxyl groups is 1. The predicted molar refractivity (Wildman–Crippen MR) is 136 cm³/mol. The van der Waals surface area contributed by atoms with Crippen LogP contribution in [0.4, 0.5) is 5.82 Å². The van der Waals surface area contributed by atoms with Crippen LogP contribution in [-0.4, -0.2) is 46.9 Å². The van der Waals surface area contributed by atoms with Gasteiger partial charge in [-0.1, -0.05) is 41.6 Å². The molecule has 0 aliphatic heterocycles. The van der Waals surface area contributed by atoms with Gasteiger partial charge in [0.25, 0.3) is 0 Å². The van der Waals surface area contributed by atoms with Gasteiger partial charge in [-0.3, -0.25) is 4.68 Å². The van der Waals surface area contributed by atoms with E-state index in [0.717, 1.165) is 40.8 Å². The molecule has 2 aromatic carbocycles. The lowest BCUT2D eigenvalue weighted by molar-refractivity contribution is 0.281. The second-order valence-corrected chi connectivity index (χ2v) is 8.78. The minimum absolute atomic E-state index is 0.0274. The molecule has 5 aromatic rings. The van der Waals surface area contributed by atoms with Crippen molar-refractivity contribution in [1.29, 1.82) is 0 Å². The molecule has 10 nitrogen and oxygen atoms in total. The molecular weight excluding hydrogens is 456 g/mol. The number of aromatic amines is 1. The third kappa shape index (κ3) is 5.35. The van der Waals surface area contributed by atoms with E-state index in [2.05, 4.69) is 30.8 Å². The smallest absolute Gasteiger partial charge is 0.178 e. The van der Waals surface area contributed by atoms with Gasteiger partial charge in [0.1, 0.15) is 17.1 Å². The molecule has 1 atom stereocenters. The fourth-order valence-corrected chi connectivity index (χ4v) is 4.46. The number of nitrogen functional groups attached to an aromatic ring is 1. The molecule has 1 unspecified atom stereocenters. The summed E-state index contributed by atoms with van der Waals surface area (Å²) in [6.45, 7) is 1.99. The Kier molecular flexibility index (Phi) is 6.87. The molecule has 0 spiro atoms. The highest BCUT2D eigenvalue weighted by Crippen LogP contribution is 2.32. The lowest BCUT2D eigenvalue weighted by Gasteiger charge is -2.17. The second-order valence-electron chi connectivity index (χ2n) is 8.78. The van der Waals surface area contributed by atoms with Crippen LogP contribution in [0.3, 0.4) is 0 Å². The Hall–Kier alpha value is -4.28. The molecule has 10 heteroatoms. The number of phenols is 1. The summed E-state index contributed by atoms with van der Waals surface area (Å²) < 4.78 is 1.86. The average Bonchev–Trinajstić information content (AvgIpc) is 3.53. The Balaban J connectivity index is 1.37. The lowest BCUT2D eigenvalue weighted by Crippen LogP contribution is -2.18. The van der Waals surface area contributed by atoms with Crippen molar-refractivity contribution in [3.8, 4) is 5.75 Å². The number of hydrogen-bond acceptors (Lipinski definition) is 8. The number of aromatic hydroxyl groups is 1. The zero-order valence-corrected chi connectivity index (χ0v) is 19.7. The molecule has 0 saturated carbocycles. The predicted octanol–water partition coefficient (Wildman–Crippen LogP) is 2.69. The van der Waals surface area contributed by atoms with E-state index < -0.39 is 0 Å². The number of aliphatic hydroxyl groups excluding tert-OH is 1. The van der Waals surface area contributed by atoms with E-state index in [9.17, 15) is 10.2 Å². The Bertz CT molecular complexity index is 1460. The number of aromatic nitrogens is 6. The molecule has 0 aliphatic rings. The molecule has 0 aliphatic carbocycles. The number of nitrogens with two attached hydrogens (primary N) is 1. The minimum atomic E-state index is -0.0443. The minimum Gasteiger partial charge on any atom is -0.508 e. The number of fused-ring (bicyclic) bond motifs is 1. The molecule has 184 valence electrons. The van der Waals surface area contributed by atoms with Gasteiger partial charge in [-0.05, 0) is 59.0 Å². The number of anilines is 1. The van der Waals surface area contributed by atoms with Crippen molar-refractivity contribution < 1.29 is 10.2 Å². The summed E-state index contributed by atoms with van der Waals surface area (Å²) in [6, 6.07) is 16.9. The van der Waals surface area contributed by atoms with E-state index in [1.807, 2.05) is 59.5 Å². The van der Waals surface area contributed by atoms with Crippen LogP contribution in [0.1, 0.15) is 40.2 Å². The first kappa shape index (κ1) is 23.5. The van der Waals surface area contributed by atoms with Crippen molar-refractivity contribution in [3.05, 3.63) is 94.8 Å². The topological polar surface area (TPSA) is 151 Å². The van der Waals surface area contributed by atoms with Crippen LogP contribution in [0, 0.1) is 0 Å². The molecule has 0 bridgehead atoms. The van der Waals surface area contributed by atoms with Crippen LogP contribution in [0.5, 0.6) is 5.75 Å². The highest BCUT2D eigenvalue weighted by Gasteiger charge is 2.21. The summed E-state index contributed by atoms with van der Waals surface area (Å²) in [6.07, 6.45) is 4.64. The standard InChI is InChI=1S/C26H28N8O2/c27-24-11-23(25-26(30-24)32-33-31-25)22(7-8-28-12-17-3-1-5-19(9-17)16-35)20-13-29-34(15-20)14-18-4-2-6-21(36)10-18/h1-6,9-11,13,15,22,28,35-36H,7-8,12,14,16H2,(H3,27,30,31,32,33). The fraction of sp³-hybridized carbons (Fsp3) is 0.231. The van der Waals surface area contributed by atoms with Gasteiger partial charge in [0, 0.05) is 18.7 Å². The molecule has 0 fully saturated rings. The Morgan fingerprint density at radius 2 is 1.89 bits per heavy atom. The van der Waals surface area contributed by atoms with Gasteiger partial charge in [0.05, 0.1) is 19.3 Å². The van der Waals surface area contributed by atoms with E-state index in [0.29, 0.717) is 30.1 Å². The zero-order valence-electron chi connectivity index (χ0n) is 19.7. The van der Waals surface area contributed by atoms with Crippen LogP contribution < -0.4 is 11.1 Å². The van der Waals surface area contributed by atoms with E-state index >= 15 is 0 Å². The van der Waals surface area contributed by atoms with Gasteiger partial charge in [-0.2, -0.15) is 5.10 Å².